The van der Waals surface area contributed by atoms with Crippen LogP contribution in [0.4, 0.5) is 0 Å². The van der Waals surface area contributed by atoms with E-state index in [4.69, 9.17) is 4.74 Å². The predicted octanol–water partition coefficient (Wildman–Crippen LogP) is -0.225. The molecule has 0 amide bonds. The SMILES string of the molecule is CCOC(=O)C(CCN1CCN(C)CC1)NC. The Kier molecular flexibility index (Phi) is 6.47. The Balaban J connectivity index is 2.25. The molecule has 0 aromatic heterocycles. The van der Waals surface area contributed by atoms with E-state index in [9.17, 15) is 4.79 Å². The summed E-state index contributed by atoms with van der Waals surface area (Å²) < 4.78 is 5.02. The second-order valence-corrected chi connectivity index (χ2v) is 4.53. The quantitative estimate of drug-likeness (QED) is 0.653. The summed E-state index contributed by atoms with van der Waals surface area (Å²) in [5, 5.41) is 3.02. The summed E-state index contributed by atoms with van der Waals surface area (Å²) in [5.41, 5.74) is 0. The first-order chi connectivity index (χ1) is 8.17. The van der Waals surface area contributed by atoms with Crippen LogP contribution in [0.25, 0.3) is 0 Å². The molecule has 1 heterocycles. The lowest BCUT2D eigenvalue weighted by Gasteiger charge is -2.32. The molecule has 100 valence electrons. The molecule has 1 saturated heterocycles. The highest BCUT2D eigenvalue weighted by Gasteiger charge is 2.20. The molecule has 0 aliphatic carbocycles. The fourth-order valence-electron chi connectivity index (χ4n) is 2.01. The Hall–Kier alpha value is -0.650. The monoisotopic (exact) mass is 243 g/mol. The highest BCUT2D eigenvalue weighted by Crippen LogP contribution is 2.03. The third-order valence-corrected chi connectivity index (χ3v) is 3.25. The van der Waals surface area contributed by atoms with Crippen molar-refractivity contribution in [2.24, 2.45) is 0 Å². The van der Waals surface area contributed by atoms with E-state index in [0.29, 0.717) is 6.61 Å². The van der Waals surface area contributed by atoms with Gasteiger partial charge in [0.05, 0.1) is 6.61 Å². The van der Waals surface area contributed by atoms with E-state index >= 15 is 0 Å². The van der Waals surface area contributed by atoms with Crippen molar-refractivity contribution in [3.8, 4) is 0 Å². The first kappa shape index (κ1) is 14.4. The lowest BCUT2D eigenvalue weighted by Crippen LogP contribution is -2.46. The van der Waals surface area contributed by atoms with Crippen LogP contribution in [0.1, 0.15) is 13.3 Å². The number of carbonyl (C=O) groups is 1. The van der Waals surface area contributed by atoms with Gasteiger partial charge in [0.2, 0.25) is 0 Å². The van der Waals surface area contributed by atoms with Crippen LogP contribution in [-0.4, -0.2) is 75.2 Å². The van der Waals surface area contributed by atoms with Crippen LogP contribution in [0, 0.1) is 0 Å². The van der Waals surface area contributed by atoms with Crippen LogP contribution < -0.4 is 5.32 Å². The molecule has 1 rings (SSSR count). The second-order valence-electron chi connectivity index (χ2n) is 4.53. The molecule has 0 saturated carbocycles. The predicted molar refractivity (Wildman–Crippen MR) is 68.0 cm³/mol. The van der Waals surface area contributed by atoms with Gasteiger partial charge in [-0.25, -0.2) is 0 Å². The molecule has 1 aliphatic rings. The highest BCUT2D eigenvalue weighted by atomic mass is 16.5. The average molecular weight is 243 g/mol. The van der Waals surface area contributed by atoms with E-state index in [0.717, 1.165) is 39.1 Å². The largest absolute Gasteiger partial charge is 0.465 e. The number of likely N-dealkylation sites (N-methyl/N-ethyl adjacent to an activating group) is 2. The molecule has 1 unspecified atom stereocenters. The van der Waals surface area contributed by atoms with Crippen molar-refractivity contribution < 1.29 is 9.53 Å². The van der Waals surface area contributed by atoms with Crippen molar-refractivity contribution in [1.82, 2.24) is 15.1 Å². The lowest BCUT2D eigenvalue weighted by atomic mass is 10.2. The minimum absolute atomic E-state index is 0.135. The summed E-state index contributed by atoms with van der Waals surface area (Å²) in [7, 11) is 3.96. The van der Waals surface area contributed by atoms with Crippen LogP contribution in [0.2, 0.25) is 0 Å². The Morgan fingerprint density at radius 2 is 2.00 bits per heavy atom. The summed E-state index contributed by atoms with van der Waals surface area (Å²) in [5.74, 6) is -0.135. The highest BCUT2D eigenvalue weighted by molar-refractivity contribution is 5.75. The van der Waals surface area contributed by atoms with Gasteiger partial charge in [0.25, 0.3) is 0 Å². The first-order valence-electron chi connectivity index (χ1n) is 6.42. The van der Waals surface area contributed by atoms with Gasteiger partial charge >= 0.3 is 5.97 Å². The van der Waals surface area contributed by atoms with Crippen LogP contribution in [0.5, 0.6) is 0 Å². The second kappa shape index (κ2) is 7.63. The molecular weight excluding hydrogens is 218 g/mol. The summed E-state index contributed by atoms with van der Waals surface area (Å²) in [6.07, 6.45) is 0.818. The molecule has 0 radical (unpaired) electrons. The van der Waals surface area contributed by atoms with E-state index in [1.165, 1.54) is 0 Å². The molecule has 0 aromatic carbocycles. The Morgan fingerprint density at radius 1 is 1.35 bits per heavy atom. The molecule has 1 atom stereocenters. The average Bonchev–Trinajstić information content (AvgIpc) is 2.32. The van der Waals surface area contributed by atoms with E-state index in [1.807, 2.05) is 14.0 Å². The van der Waals surface area contributed by atoms with Crippen molar-refractivity contribution >= 4 is 5.97 Å². The molecule has 5 nitrogen and oxygen atoms in total. The van der Waals surface area contributed by atoms with Crippen LogP contribution in [-0.2, 0) is 9.53 Å². The standard InChI is InChI=1S/C12H25N3O2/c1-4-17-12(16)11(13-2)5-6-15-9-7-14(3)8-10-15/h11,13H,4-10H2,1-3H3. The first-order valence-corrected chi connectivity index (χ1v) is 6.42. The number of carbonyl (C=O) groups excluding carboxylic acids is 1. The molecule has 0 aromatic rings. The molecule has 0 spiro atoms. The van der Waals surface area contributed by atoms with Gasteiger partial charge in [-0.2, -0.15) is 0 Å². The Labute approximate surface area is 104 Å². The number of hydrogen-bond acceptors (Lipinski definition) is 5. The van der Waals surface area contributed by atoms with Gasteiger partial charge in [-0.1, -0.05) is 0 Å². The van der Waals surface area contributed by atoms with E-state index < -0.39 is 0 Å². The zero-order valence-electron chi connectivity index (χ0n) is 11.2. The summed E-state index contributed by atoms with van der Waals surface area (Å²) >= 11 is 0. The molecule has 1 N–H and O–H groups in total. The van der Waals surface area contributed by atoms with E-state index in [2.05, 4.69) is 22.2 Å². The smallest absolute Gasteiger partial charge is 0.323 e. The molecular formula is C12H25N3O2. The van der Waals surface area contributed by atoms with Crippen LogP contribution >= 0.6 is 0 Å². The maximum Gasteiger partial charge on any atom is 0.323 e. The normalized spacial score (nSPS) is 20.2. The number of nitrogens with zero attached hydrogens (tertiary/aromatic N) is 2. The molecule has 5 heteroatoms. The number of esters is 1. The van der Waals surface area contributed by atoms with Crippen LogP contribution in [0.3, 0.4) is 0 Å². The zero-order chi connectivity index (χ0) is 12.7. The Bertz CT molecular complexity index is 228. The van der Waals surface area contributed by atoms with E-state index in [1.54, 1.807) is 0 Å². The third kappa shape index (κ3) is 5.02. The summed E-state index contributed by atoms with van der Waals surface area (Å²) in [6.45, 7) is 7.66. The van der Waals surface area contributed by atoms with Gasteiger partial charge in [-0.3, -0.25) is 4.79 Å². The maximum atomic E-state index is 11.6. The summed E-state index contributed by atoms with van der Waals surface area (Å²) in [6, 6.07) is -0.172. The molecule has 17 heavy (non-hydrogen) atoms. The number of rotatable bonds is 6. The Morgan fingerprint density at radius 3 is 2.53 bits per heavy atom. The fraction of sp³-hybridized carbons (Fsp3) is 0.917. The van der Waals surface area contributed by atoms with Gasteiger partial charge in [0.15, 0.2) is 0 Å². The van der Waals surface area contributed by atoms with Crippen molar-refractivity contribution in [3.05, 3.63) is 0 Å². The molecule has 1 aliphatic heterocycles. The van der Waals surface area contributed by atoms with Gasteiger partial charge in [0, 0.05) is 32.7 Å². The minimum Gasteiger partial charge on any atom is -0.465 e. The fourth-order valence-corrected chi connectivity index (χ4v) is 2.01. The number of nitrogens with one attached hydrogen (secondary N) is 1. The lowest BCUT2D eigenvalue weighted by molar-refractivity contribution is -0.145. The molecule has 0 bridgehead atoms. The zero-order valence-corrected chi connectivity index (χ0v) is 11.2. The van der Waals surface area contributed by atoms with Crippen molar-refractivity contribution in [1.29, 1.82) is 0 Å². The van der Waals surface area contributed by atoms with Crippen molar-refractivity contribution in [3.63, 3.8) is 0 Å². The van der Waals surface area contributed by atoms with E-state index in [-0.39, 0.29) is 12.0 Å². The van der Waals surface area contributed by atoms with Crippen molar-refractivity contribution in [2.45, 2.75) is 19.4 Å². The van der Waals surface area contributed by atoms with Crippen LogP contribution in [0.15, 0.2) is 0 Å². The summed E-state index contributed by atoms with van der Waals surface area (Å²) in [4.78, 5) is 16.3. The number of hydrogen-bond donors (Lipinski definition) is 1. The maximum absolute atomic E-state index is 11.6. The number of piperazine rings is 1. The third-order valence-electron chi connectivity index (χ3n) is 3.25. The van der Waals surface area contributed by atoms with Gasteiger partial charge in [-0.15, -0.1) is 0 Å². The van der Waals surface area contributed by atoms with Gasteiger partial charge < -0.3 is 19.9 Å². The molecule has 1 fully saturated rings. The van der Waals surface area contributed by atoms with Crippen molar-refractivity contribution in [2.75, 3.05) is 53.4 Å². The number of ether oxygens (including phenoxy) is 1. The van der Waals surface area contributed by atoms with Gasteiger partial charge in [0.1, 0.15) is 6.04 Å². The minimum atomic E-state index is -0.172. The topological polar surface area (TPSA) is 44.8 Å². The van der Waals surface area contributed by atoms with Gasteiger partial charge in [-0.05, 0) is 27.4 Å².